The van der Waals surface area contributed by atoms with Gasteiger partial charge in [0.2, 0.25) is 11.7 Å². The summed E-state index contributed by atoms with van der Waals surface area (Å²) in [5.74, 6) is -2.34. The van der Waals surface area contributed by atoms with Gasteiger partial charge in [-0.05, 0) is 35.6 Å². The first-order valence-corrected chi connectivity index (χ1v) is 11.3. The zero-order chi connectivity index (χ0) is 24.5. The molecule has 0 radical (unpaired) electrons. The predicted molar refractivity (Wildman–Crippen MR) is 122 cm³/mol. The second kappa shape index (κ2) is 9.32. The van der Waals surface area contributed by atoms with Gasteiger partial charge in [-0.1, -0.05) is 18.2 Å². The highest BCUT2D eigenvalue weighted by molar-refractivity contribution is 6.15. The molecule has 5 rings (SSSR count). The van der Waals surface area contributed by atoms with E-state index in [9.17, 15) is 24.8 Å². The van der Waals surface area contributed by atoms with Gasteiger partial charge < -0.3 is 24.1 Å². The van der Waals surface area contributed by atoms with E-state index in [-0.39, 0.29) is 23.6 Å². The van der Waals surface area contributed by atoms with Crippen LogP contribution in [-0.2, 0) is 9.53 Å². The number of nitrogens with zero attached hydrogens (tertiary/aromatic N) is 2. The van der Waals surface area contributed by atoms with Crippen molar-refractivity contribution in [2.75, 3.05) is 39.4 Å². The number of fused-ring (bicyclic) bond motifs is 1. The van der Waals surface area contributed by atoms with Gasteiger partial charge in [0.05, 0.1) is 37.3 Å². The van der Waals surface area contributed by atoms with E-state index in [0.29, 0.717) is 36.3 Å². The van der Waals surface area contributed by atoms with Gasteiger partial charge in [-0.3, -0.25) is 19.7 Å². The molecule has 10 nitrogen and oxygen atoms in total. The van der Waals surface area contributed by atoms with Crippen molar-refractivity contribution in [1.82, 2.24) is 4.90 Å². The first-order valence-electron chi connectivity index (χ1n) is 11.3. The summed E-state index contributed by atoms with van der Waals surface area (Å²) in [4.78, 5) is 39.8. The Kier molecular flexibility index (Phi) is 6.06. The lowest BCUT2D eigenvalue weighted by Gasteiger charge is -2.30. The lowest BCUT2D eigenvalue weighted by Crippen LogP contribution is -3.14. The third-order valence-corrected chi connectivity index (χ3v) is 6.50. The summed E-state index contributed by atoms with van der Waals surface area (Å²) in [6.45, 7) is 3.64. The highest BCUT2D eigenvalue weighted by Gasteiger charge is 2.41. The fourth-order valence-corrected chi connectivity index (χ4v) is 4.64. The van der Waals surface area contributed by atoms with E-state index in [1.54, 1.807) is 30.3 Å². The maximum Gasteiger partial charge on any atom is 0.269 e. The Hall–Kier alpha value is -4.02. The lowest BCUT2D eigenvalue weighted by atomic mass is 9.95. The number of morpholine rings is 1. The monoisotopic (exact) mass is 477 g/mol. The molecule has 180 valence electrons. The van der Waals surface area contributed by atoms with Crippen LogP contribution < -0.4 is 10.0 Å². The van der Waals surface area contributed by atoms with E-state index >= 15 is 0 Å². The van der Waals surface area contributed by atoms with E-state index in [4.69, 9.17) is 9.15 Å². The topological polar surface area (TPSA) is 130 Å². The van der Waals surface area contributed by atoms with Gasteiger partial charge >= 0.3 is 0 Å². The van der Waals surface area contributed by atoms with Crippen molar-refractivity contribution in [3.63, 3.8) is 0 Å². The third-order valence-electron chi connectivity index (χ3n) is 6.50. The van der Waals surface area contributed by atoms with Crippen LogP contribution in [0.25, 0.3) is 11.0 Å². The molecule has 0 saturated carbocycles. The number of nitrogens with one attached hydrogen (secondary N) is 1. The van der Waals surface area contributed by atoms with Gasteiger partial charge in [-0.2, -0.15) is 0 Å². The first-order chi connectivity index (χ1) is 16.9. The summed E-state index contributed by atoms with van der Waals surface area (Å²) in [5.41, 5.74) is 0.609. The summed E-state index contributed by atoms with van der Waals surface area (Å²) in [6, 6.07) is 13.2. The van der Waals surface area contributed by atoms with Gasteiger partial charge in [0, 0.05) is 23.1 Å². The molecule has 0 aliphatic carbocycles. The van der Waals surface area contributed by atoms with Crippen molar-refractivity contribution < 1.29 is 33.7 Å². The minimum Gasteiger partial charge on any atom is -0.868 e. The van der Waals surface area contributed by atoms with Crippen LogP contribution in [0.4, 0.5) is 5.69 Å². The van der Waals surface area contributed by atoms with E-state index in [1.807, 2.05) is 0 Å². The highest BCUT2D eigenvalue weighted by atomic mass is 16.6. The van der Waals surface area contributed by atoms with Crippen LogP contribution in [0, 0.1) is 10.1 Å². The summed E-state index contributed by atoms with van der Waals surface area (Å²) in [7, 11) is 0. The second-order valence-electron chi connectivity index (χ2n) is 8.58. The smallest absolute Gasteiger partial charge is 0.269 e. The number of para-hydroxylation sites is 1. The number of quaternary nitrogens is 1. The number of nitro groups is 1. The number of ether oxygens (including phenoxy) is 1. The number of carbonyl (C=O) groups excluding carboxylic acids is 2. The zero-order valence-corrected chi connectivity index (χ0v) is 18.8. The Bertz CT molecular complexity index is 1290. The van der Waals surface area contributed by atoms with Crippen molar-refractivity contribution in [3.05, 3.63) is 87.4 Å². The van der Waals surface area contributed by atoms with E-state index in [2.05, 4.69) is 0 Å². The molecule has 0 bridgehead atoms. The maximum atomic E-state index is 13.5. The normalized spacial score (nSPS) is 19.0. The number of hydrogen-bond acceptors (Lipinski definition) is 7. The van der Waals surface area contributed by atoms with Crippen LogP contribution in [0.1, 0.15) is 22.2 Å². The minimum absolute atomic E-state index is 0.0325. The van der Waals surface area contributed by atoms with Crippen LogP contribution in [0.2, 0.25) is 0 Å². The van der Waals surface area contributed by atoms with Crippen molar-refractivity contribution in [2.24, 2.45) is 0 Å². The quantitative estimate of drug-likeness (QED) is 0.300. The molecule has 10 heteroatoms. The summed E-state index contributed by atoms with van der Waals surface area (Å²) in [5, 5.41) is 25.0. The molecule has 2 aliphatic rings. The molecule has 1 unspecified atom stereocenters. The number of benzene rings is 2. The van der Waals surface area contributed by atoms with Crippen LogP contribution in [0.5, 0.6) is 0 Å². The van der Waals surface area contributed by atoms with Crippen molar-refractivity contribution >= 4 is 28.3 Å². The van der Waals surface area contributed by atoms with Crippen molar-refractivity contribution in [1.29, 1.82) is 0 Å². The zero-order valence-electron chi connectivity index (χ0n) is 18.8. The lowest BCUT2D eigenvalue weighted by molar-refractivity contribution is -0.907. The Labute approximate surface area is 200 Å². The van der Waals surface area contributed by atoms with Crippen LogP contribution in [0.15, 0.2) is 70.3 Å². The highest BCUT2D eigenvalue weighted by Crippen LogP contribution is 2.39. The largest absolute Gasteiger partial charge is 0.868 e. The Morgan fingerprint density at radius 2 is 1.83 bits per heavy atom. The summed E-state index contributed by atoms with van der Waals surface area (Å²) < 4.78 is 11.1. The van der Waals surface area contributed by atoms with E-state index < -0.39 is 28.4 Å². The van der Waals surface area contributed by atoms with Gasteiger partial charge in [0.15, 0.2) is 5.76 Å². The van der Waals surface area contributed by atoms with Gasteiger partial charge in [-0.15, -0.1) is 0 Å². The Morgan fingerprint density at radius 3 is 2.51 bits per heavy atom. The van der Waals surface area contributed by atoms with Gasteiger partial charge in [0.1, 0.15) is 18.7 Å². The third kappa shape index (κ3) is 4.29. The second-order valence-corrected chi connectivity index (χ2v) is 8.58. The van der Waals surface area contributed by atoms with Crippen LogP contribution >= 0.6 is 0 Å². The fraction of sp³-hybridized carbons (Fsp3) is 0.280. The number of carbonyl (C=O) groups is 2. The molecule has 0 spiro atoms. The molecule has 3 heterocycles. The van der Waals surface area contributed by atoms with Gasteiger partial charge in [0.25, 0.3) is 5.69 Å². The number of Topliss-reactive ketones (excluding diaryl/α,β-unsaturated/α-hetero) is 1. The van der Waals surface area contributed by atoms with Crippen molar-refractivity contribution in [2.45, 2.75) is 6.04 Å². The van der Waals surface area contributed by atoms with Crippen LogP contribution in [-0.4, -0.2) is 60.9 Å². The predicted octanol–water partition coefficient (Wildman–Crippen LogP) is 0.637. The Balaban J connectivity index is 1.51. The molecule has 1 N–H and O–H groups in total. The SMILES string of the molecule is O=C(C1=C([O-])C(=O)N(CC[NH+]2CCOCC2)C1c1ccc([N+](=O)[O-])cc1)c1cc2ccccc2o1. The van der Waals surface area contributed by atoms with Crippen LogP contribution in [0.3, 0.4) is 0 Å². The molecule has 1 saturated heterocycles. The molecule has 3 aromatic rings. The standard InChI is InChI=1S/C25H23N3O7/c29-23(20-15-17-3-1-2-4-19(17)35-20)21-22(16-5-7-18(8-6-16)28(32)33)27(25(31)24(21)30)10-9-26-11-13-34-14-12-26/h1-8,15,22,30H,9-14H2. The first kappa shape index (κ1) is 22.8. The molecule has 1 fully saturated rings. The number of ketones is 1. The van der Waals surface area contributed by atoms with E-state index in [0.717, 1.165) is 13.1 Å². The molecule has 35 heavy (non-hydrogen) atoms. The molecule has 2 aliphatic heterocycles. The number of rotatable bonds is 7. The average Bonchev–Trinajstić information content (AvgIpc) is 3.42. The number of non-ortho nitro benzene ring substituents is 1. The fourth-order valence-electron chi connectivity index (χ4n) is 4.64. The summed E-state index contributed by atoms with van der Waals surface area (Å²) >= 11 is 0. The average molecular weight is 477 g/mol. The molecular weight excluding hydrogens is 454 g/mol. The molecular formula is C25H23N3O7. The number of nitro benzene ring substituents is 1. The number of furan rings is 1. The van der Waals surface area contributed by atoms with E-state index in [1.165, 1.54) is 34.1 Å². The van der Waals surface area contributed by atoms with Crippen molar-refractivity contribution in [3.8, 4) is 0 Å². The molecule has 1 amide bonds. The molecule has 1 aromatic heterocycles. The summed E-state index contributed by atoms with van der Waals surface area (Å²) in [6.07, 6.45) is 0. The molecule has 1 atom stereocenters. The Morgan fingerprint density at radius 1 is 1.11 bits per heavy atom. The van der Waals surface area contributed by atoms with Gasteiger partial charge in [-0.25, -0.2) is 0 Å². The number of hydrogen-bond donors (Lipinski definition) is 1. The maximum absolute atomic E-state index is 13.5. The number of amides is 1. The minimum atomic E-state index is -0.961. The molecule has 2 aromatic carbocycles.